The topological polar surface area (TPSA) is 28.8 Å². The second kappa shape index (κ2) is 4.39. The van der Waals surface area contributed by atoms with Gasteiger partial charge in [0.05, 0.1) is 5.71 Å². The molecule has 0 atom stereocenters. The summed E-state index contributed by atoms with van der Waals surface area (Å²) in [6.45, 7) is 2.09. The molecule has 0 spiro atoms. The average molecular weight is 248 g/mol. The summed E-state index contributed by atoms with van der Waals surface area (Å²) >= 11 is 0. The first-order chi connectivity index (χ1) is 9.16. The Morgan fingerprint density at radius 1 is 1.05 bits per heavy atom. The van der Waals surface area contributed by atoms with Gasteiger partial charge < -0.3 is 4.57 Å². The molecule has 0 bridgehead atoms. The summed E-state index contributed by atoms with van der Waals surface area (Å²) in [5.74, 6) is 0. The van der Waals surface area contributed by atoms with Crippen LogP contribution in [0.2, 0.25) is 0 Å². The molecule has 1 N–H and O–H groups in total. The third-order valence-corrected chi connectivity index (χ3v) is 3.48. The van der Waals surface area contributed by atoms with Crippen LogP contribution in [-0.2, 0) is 7.05 Å². The van der Waals surface area contributed by atoms with E-state index < -0.39 is 0 Å². The zero-order valence-electron chi connectivity index (χ0n) is 11.1. The number of nitrogens with one attached hydrogen (secondary N) is 1. The molecule has 1 aromatic heterocycles. The largest absolute Gasteiger partial charge is 0.350 e. The predicted octanol–water partition coefficient (Wildman–Crippen LogP) is 3.90. The summed E-state index contributed by atoms with van der Waals surface area (Å²) in [4.78, 5) is 0. The molecule has 2 aromatic carbocycles. The lowest BCUT2D eigenvalue weighted by molar-refractivity contribution is 0.967. The van der Waals surface area contributed by atoms with Crippen LogP contribution in [0.15, 0.2) is 54.7 Å². The Bertz CT molecular complexity index is 752. The zero-order chi connectivity index (χ0) is 13.4. The summed E-state index contributed by atoms with van der Waals surface area (Å²) in [7, 11) is 2.03. The van der Waals surface area contributed by atoms with Crippen molar-refractivity contribution in [3.8, 4) is 0 Å². The maximum absolute atomic E-state index is 8.42. The summed E-state index contributed by atoms with van der Waals surface area (Å²) in [6, 6.07) is 16.3. The van der Waals surface area contributed by atoms with Gasteiger partial charge in [0.2, 0.25) is 0 Å². The lowest BCUT2D eigenvalue weighted by Gasteiger charge is -2.03. The third-order valence-electron chi connectivity index (χ3n) is 3.48. The molecule has 2 heteroatoms. The van der Waals surface area contributed by atoms with Crippen molar-refractivity contribution in [1.29, 1.82) is 5.41 Å². The maximum Gasteiger partial charge on any atom is 0.0706 e. The van der Waals surface area contributed by atoms with Gasteiger partial charge in [-0.3, -0.25) is 5.41 Å². The Morgan fingerprint density at radius 3 is 2.53 bits per heavy atom. The molecule has 0 unspecified atom stereocenters. The number of hydrogen-bond acceptors (Lipinski definition) is 1. The van der Waals surface area contributed by atoms with Crippen LogP contribution in [0.3, 0.4) is 0 Å². The van der Waals surface area contributed by atoms with Crippen LogP contribution in [-0.4, -0.2) is 10.3 Å². The molecule has 0 aliphatic heterocycles. The summed E-state index contributed by atoms with van der Waals surface area (Å²) in [5, 5.41) is 9.57. The van der Waals surface area contributed by atoms with E-state index in [2.05, 4.69) is 29.7 Å². The van der Waals surface area contributed by atoms with Crippen LogP contribution in [0.4, 0.5) is 0 Å². The van der Waals surface area contributed by atoms with Crippen LogP contribution in [0.1, 0.15) is 16.7 Å². The second-order valence-electron chi connectivity index (χ2n) is 4.92. The van der Waals surface area contributed by atoms with Crippen LogP contribution >= 0.6 is 0 Å². The van der Waals surface area contributed by atoms with E-state index in [4.69, 9.17) is 5.41 Å². The fourth-order valence-corrected chi connectivity index (χ4v) is 2.47. The van der Waals surface area contributed by atoms with Gasteiger partial charge in [0.25, 0.3) is 0 Å². The SMILES string of the molecule is Cc1ccc2c(c1)c(C(=N)c1ccccc1)cn2C. The minimum atomic E-state index is 0.580. The molecule has 3 rings (SSSR count). The second-order valence-corrected chi connectivity index (χ2v) is 4.92. The van der Waals surface area contributed by atoms with E-state index in [0.29, 0.717) is 5.71 Å². The molecule has 0 radical (unpaired) electrons. The summed E-state index contributed by atoms with van der Waals surface area (Å²) in [6.07, 6.45) is 2.04. The molecule has 0 aliphatic rings. The molecule has 0 saturated carbocycles. The number of hydrogen-bond donors (Lipinski definition) is 1. The van der Waals surface area contributed by atoms with Crippen molar-refractivity contribution < 1.29 is 0 Å². The van der Waals surface area contributed by atoms with Crippen molar-refractivity contribution in [2.24, 2.45) is 7.05 Å². The highest BCUT2D eigenvalue weighted by Crippen LogP contribution is 2.24. The molecule has 94 valence electrons. The monoisotopic (exact) mass is 248 g/mol. The van der Waals surface area contributed by atoms with Crippen molar-refractivity contribution in [2.75, 3.05) is 0 Å². The first-order valence-corrected chi connectivity index (χ1v) is 6.37. The Morgan fingerprint density at radius 2 is 1.79 bits per heavy atom. The van der Waals surface area contributed by atoms with Gasteiger partial charge >= 0.3 is 0 Å². The summed E-state index contributed by atoms with van der Waals surface area (Å²) in [5.41, 5.74) is 4.92. The molecule has 3 aromatic rings. The fourth-order valence-electron chi connectivity index (χ4n) is 2.47. The van der Waals surface area contributed by atoms with Gasteiger partial charge in [-0.1, -0.05) is 42.0 Å². The molecule has 1 heterocycles. The van der Waals surface area contributed by atoms with E-state index in [1.807, 2.05) is 43.6 Å². The number of benzene rings is 2. The molecular formula is C17H16N2. The van der Waals surface area contributed by atoms with Gasteiger partial charge in [0.15, 0.2) is 0 Å². The van der Waals surface area contributed by atoms with Crippen molar-refractivity contribution >= 4 is 16.6 Å². The molecule has 0 amide bonds. The first kappa shape index (κ1) is 11.7. The number of fused-ring (bicyclic) bond motifs is 1. The zero-order valence-corrected chi connectivity index (χ0v) is 11.1. The van der Waals surface area contributed by atoms with Crippen molar-refractivity contribution in [3.05, 3.63) is 71.4 Å². The van der Waals surface area contributed by atoms with Gasteiger partial charge in [0.1, 0.15) is 0 Å². The van der Waals surface area contributed by atoms with Crippen LogP contribution in [0, 0.1) is 12.3 Å². The molecule has 0 aliphatic carbocycles. The Kier molecular flexibility index (Phi) is 2.71. The first-order valence-electron chi connectivity index (χ1n) is 6.37. The number of aryl methyl sites for hydroxylation is 2. The van der Waals surface area contributed by atoms with Crippen molar-refractivity contribution in [3.63, 3.8) is 0 Å². The van der Waals surface area contributed by atoms with Gasteiger partial charge in [-0.25, -0.2) is 0 Å². The molecular weight excluding hydrogens is 232 g/mol. The number of nitrogens with zero attached hydrogens (tertiary/aromatic N) is 1. The van der Waals surface area contributed by atoms with E-state index in [9.17, 15) is 0 Å². The quantitative estimate of drug-likeness (QED) is 0.666. The highest BCUT2D eigenvalue weighted by molar-refractivity contribution is 6.17. The van der Waals surface area contributed by atoms with Gasteiger partial charge in [-0.15, -0.1) is 0 Å². The van der Waals surface area contributed by atoms with Gasteiger partial charge in [-0.05, 0) is 19.1 Å². The van der Waals surface area contributed by atoms with E-state index >= 15 is 0 Å². The molecule has 0 saturated heterocycles. The lowest BCUT2D eigenvalue weighted by atomic mass is 10.0. The summed E-state index contributed by atoms with van der Waals surface area (Å²) < 4.78 is 2.08. The predicted molar refractivity (Wildman–Crippen MR) is 80.0 cm³/mol. The third kappa shape index (κ3) is 1.95. The van der Waals surface area contributed by atoms with E-state index in [1.165, 1.54) is 11.1 Å². The van der Waals surface area contributed by atoms with Crippen molar-refractivity contribution in [1.82, 2.24) is 4.57 Å². The Hall–Kier alpha value is -2.35. The fraction of sp³-hybridized carbons (Fsp3) is 0.118. The normalized spacial score (nSPS) is 10.8. The van der Waals surface area contributed by atoms with Crippen LogP contribution in [0.25, 0.3) is 10.9 Å². The minimum Gasteiger partial charge on any atom is -0.350 e. The lowest BCUT2D eigenvalue weighted by Crippen LogP contribution is -2.00. The number of rotatable bonds is 2. The molecule has 0 fully saturated rings. The van der Waals surface area contributed by atoms with Crippen LogP contribution in [0.5, 0.6) is 0 Å². The Balaban J connectivity index is 2.21. The van der Waals surface area contributed by atoms with Gasteiger partial charge in [0, 0.05) is 35.3 Å². The maximum atomic E-state index is 8.42. The highest BCUT2D eigenvalue weighted by Gasteiger charge is 2.12. The van der Waals surface area contributed by atoms with Crippen LogP contribution < -0.4 is 0 Å². The Labute approximate surface area is 112 Å². The molecule has 19 heavy (non-hydrogen) atoms. The molecule has 2 nitrogen and oxygen atoms in total. The smallest absolute Gasteiger partial charge is 0.0706 e. The minimum absolute atomic E-state index is 0.580. The van der Waals surface area contributed by atoms with Gasteiger partial charge in [-0.2, -0.15) is 0 Å². The average Bonchev–Trinajstić information content (AvgIpc) is 2.75. The number of aromatic nitrogens is 1. The van der Waals surface area contributed by atoms with E-state index in [1.54, 1.807) is 0 Å². The van der Waals surface area contributed by atoms with Crippen molar-refractivity contribution in [2.45, 2.75) is 6.92 Å². The highest BCUT2D eigenvalue weighted by atomic mass is 14.9. The van der Waals surface area contributed by atoms with E-state index in [-0.39, 0.29) is 0 Å². The standard InChI is InChI=1S/C17H16N2/c1-12-8-9-16-14(10-12)15(11-19(16)2)17(18)13-6-4-3-5-7-13/h3-11,18H,1-2H3. The van der Waals surface area contributed by atoms with E-state index in [0.717, 1.165) is 16.5 Å².